The van der Waals surface area contributed by atoms with Crippen LogP contribution in [0.5, 0.6) is 5.75 Å². The molecule has 31 heavy (non-hydrogen) atoms. The molecule has 1 N–H and O–H groups in total. The van der Waals surface area contributed by atoms with Crippen molar-refractivity contribution < 1.29 is 19.4 Å². The molecule has 4 nitrogen and oxygen atoms in total. The first-order chi connectivity index (χ1) is 15.2. The summed E-state index contributed by atoms with van der Waals surface area (Å²) < 4.78 is 10.9. The van der Waals surface area contributed by atoms with E-state index >= 15 is 0 Å². The normalized spacial score (nSPS) is 17.1. The van der Waals surface area contributed by atoms with E-state index in [1.807, 2.05) is 24.3 Å². The van der Waals surface area contributed by atoms with E-state index in [1.54, 1.807) is 0 Å². The summed E-state index contributed by atoms with van der Waals surface area (Å²) in [6.45, 7) is 0.448. The molecular weight excluding hydrogens is 388 g/mol. The minimum absolute atomic E-state index is 0.323. The Morgan fingerprint density at radius 3 is 2.58 bits per heavy atom. The van der Waals surface area contributed by atoms with E-state index in [9.17, 15) is 4.79 Å². The fourth-order valence-electron chi connectivity index (χ4n) is 4.01. The zero-order valence-corrected chi connectivity index (χ0v) is 17.6. The van der Waals surface area contributed by atoms with Gasteiger partial charge in [0.1, 0.15) is 12.4 Å². The van der Waals surface area contributed by atoms with E-state index < -0.39 is 12.1 Å². The van der Waals surface area contributed by atoms with Crippen LogP contribution in [-0.2, 0) is 16.0 Å². The van der Waals surface area contributed by atoms with Crippen molar-refractivity contribution >= 4 is 17.1 Å². The smallest absolute Gasteiger partial charge is 0.333 e. The highest BCUT2D eigenvalue weighted by Gasteiger charge is 2.18. The molecule has 0 saturated heterocycles. The first-order valence-electron chi connectivity index (χ1n) is 10.5. The highest BCUT2D eigenvalue weighted by atomic mass is 16.5. The molecule has 0 bridgehead atoms. The van der Waals surface area contributed by atoms with E-state index in [1.165, 1.54) is 29.4 Å². The number of hydrogen-bond donors (Lipinski definition) is 1. The lowest BCUT2D eigenvalue weighted by Crippen LogP contribution is -2.24. The molecule has 0 aromatic heterocycles. The van der Waals surface area contributed by atoms with Crippen LogP contribution in [-0.4, -0.2) is 30.9 Å². The topological polar surface area (TPSA) is 55.8 Å². The first kappa shape index (κ1) is 20.9. The van der Waals surface area contributed by atoms with Crippen molar-refractivity contribution in [1.82, 2.24) is 0 Å². The SMILES string of the molecule is COC(Cc1ccc(OCC=C2C=CC3=C(CCC=C3)c3ccccc32)cc1)C(=O)O. The summed E-state index contributed by atoms with van der Waals surface area (Å²) >= 11 is 0. The van der Waals surface area contributed by atoms with Gasteiger partial charge in [0.05, 0.1) is 0 Å². The molecule has 0 radical (unpaired) electrons. The number of methoxy groups -OCH3 is 1. The number of allylic oxidation sites excluding steroid dienone is 7. The minimum Gasteiger partial charge on any atom is -0.490 e. The number of ether oxygens (including phenoxy) is 2. The quantitative estimate of drug-likeness (QED) is 0.653. The highest BCUT2D eigenvalue weighted by molar-refractivity contribution is 5.89. The summed E-state index contributed by atoms with van der Waals surface area (Å²) in [5, 5.41) is 9.12. The van der Waals surface area contributed by atoms with Gasteiger partial charge in [-0.15, -0.1) is 0 Å². The van der Waals surface area contributed by atoms with Crippen LogP contribution in [0.2, 0.25) is 0 Å². The Bertz CT molecular complexity index is 1070. The second-order valence-corrected chi connectivity index (χ2v) is 7.63. The summed E-state index contributed by atoms with van der Waals surface area (Å²) in [7, 11) is 1.41. The number of rotatable bonds is 7. The largest absolute Gasteiger partial charge is 0.490 e. The fraction of sp³-hybridized carbons (Fsp3) is 0.222. The van der Waals surface area contributed by atoms with Crippen LogP contribution >= 0.6 is 0 Å². The Balaban J connectivity index is 1.46. The Hall–Kier alpha value is -3.37. The first-order valence-corrected chi connectivity index (χ1v) is 10.5. The van der Waals surface area contributed by atoms with Gasteiger partial charge in [-0.25, -0.2) is 4.79 Å². The van der Waals surface area contributed by atoms with Crippen molar-refractivity contribution in [2.75, 3.05) is 13.7 Å². The lowest BCUT2D eigenvalue weighted by atomic mass is 9.89. The molecule has 2 aromatic rings. The van der Waals surface area contributed by atoms with Gasteiger partial charge in [-0.3, -0.25) is 0 Å². The molecule has 1 atom stereocenters. The minimum atomic E-state index is -0.960. The zero-order chi connectivity index (χ0) is 21.6. The lowest BCUT2D eigenvalue weighted by Gasteiger charge is -2.15. The van der Waals surface area contributed by atoms with Gasteiger partial charge in [0, 0.05) is 13.5 Å². The van der Waals surface area contributed by atoms with Gasteiger partial charge in [0.2, 0.25) is 0 Å². The van der Waals surface area contributed by atoms with Crippen molar-refractivity contribution in [2.45, 2.75) is 25.4 Å². The maximum Gasteiger partial charge on any atom is 0.333 e. The lowest BCUT2D eigenvalue weighted by molar-refractivity contribution is -0.148. The Labute approximate surface area is 182 Å². The maximum absolute atomic E-state index is 11.1. The van der Waals surface area contributed by atoms with Crippen LogP contribution in [0.15, 0.2) is 84.5 Å². The Morgan fingerprint density at radius 1 is 1.06 bits per heavy atom. The van der Waals surface area contributed by atoms with Crippen molar-refractivity contribution in [3.63, 3.8) is 0 Å². The number of carboxylic acid groups (broad SMARTS) is 1. The standard InChI is InChI=1S/C27H26O4/c1-30-26(27(28)29)18-19-10-14-22(15-11-19)31-17-16-21-13-12-20-6-2-3-7-23(20)25-9-5-4-8-24(21)25/h2,4-6,8-16,26H,3,7,17-18H2,1H3,(H,28,29). The van der Waals surface area contributed by atoms with Gasteiger partial charge in [-0.05, 0) is 64.5 Å². The molecule has 0 fully saturated rings. The molecule has 2 aliphatic carbocycles. The molecule has 0 aliphatic heterocycles. The molecular formula is C27H26O4. The molecule has 1 unspecified atom stereocenters. The Kier molecular flexibility index (Phi) is 6.48. The van der Waals surface area contributed by atoms with Crippen LogP contribution in [0.25, 0.3) is 11.1 Å². The number of hydrogen-bond acceptors (Lipinski definition) is 3. The van der Waals surface area contributed by atoms with Crippen molar-refractivity contribution in [2.24, 2.45) is 0 Å². The molecule has 0 amide bonds. The van der Waals surface area contributed by atoms with Crippen molar-refractivity contribution in [3.05, 3.63) is 101 Å². The fourth-order valence-corrected chi connectivity index (χ4v) is 4.01. The summed E-state index contributed by atoms with van der Waals surface area (Å²) in [5.74, 6) is -0.214. The molecule has 2 aliphatic rings. The number of benzene rings is 2. The highest BCUT2D eigenvalue weighted by Crippen LogP contribution is 2.37. The van der Waals surface area contributed by atoms with Gasteiger partial charge in [0.25, 0.3) is 0 Å². The predicted octanol–water partition coefficient (Wildman–Crippen LogP) is 5.46. The molecule has 2 aromatic carbocycles. The summed E-state index contributed by atoms with van der Waals surface area (Å²) in [6.07, 6.45) is 12.5. The van der Waals surface area contributed by atoms with Crippen LogP contribution in [0, 0.1) is 0 Å². The third-order valence-corrected chi connectivity index (χ3v) is 5.67. The van der Waals surface area contributed by atoms with Crippen LogP contribution < -0.4 is 4.74 Å². The molecule has 158 valence electrons. The van der Waals surface area contributed by atoms with Gasteiger partial charge in [-0.2, -0.15) is 0 Å². The predicted molar refractivity (Wildman–Crippen MR) is 123 cm³/mol. The molecule has 0 saturated carbocycles. The van der Waals surface area contributed by atoms with Gasteiger partial charge < -0.3 is 14.6 Å². The van der Waals surface area contributed by atoms with E-state index in [-0.39, 0.29) is 0 Å². The van der Waals surface area contributed by atoms with Crippen LogP contribution in [0.1, 0.15) is 29.5 Å². The average Bonchev–Trinajstić information content (AvgIpc) is 2.96. The van der Waals surface area contributed by atoms with Crippen molar-refractivity contribution in [3.8, 4) is 5.75 Å². The van der Waals surface area contributed by atoms with Crippen LogP contribution in [0.4, 0.5) is 0 Å². The Morgan fingerprint density at radius 2 is 1.84 bits per heavy atom. The van der Waals surface area contributed by atoms with Gasteiger partial charge >= 0.3 is 5.97 Å². The monoisotopic (exact) mass is 414 g/mol. The zero-order valence-electron chi connectivity index (χ0n) is 17.6. The summed E-state index contributed by atoms with van der Waals surface area (Å²) in [5.41, 5.74) is 7.27. The maximum atomic E-state index is 11.1. The van der Waals surface area contributed by atoms with E-state index in [0.29, 0.717) is 13.0 Å². The van der Waals surface area contributed by atoms with E-state index in [2.05, 4.69) is 54.6 Å². The molecule has 4 rings (SSSR count). The molecule has 0 spiro atoms. The number of carboxylic acids is 1. The molecule has 4 heteroatoms. The van der Waals surface area contributed by atoms with E-state index in [0.717, 1.165) is 29.7 Å². The van der Waals surface area contributed by atoms with E-state index in [4.69, 9.17) is 14.6 Å². The third kappa shape index (κ3) is 4.86. The number of carbonyl (C=O) groups is 1. The van der Waals surface area contributed by atoms with Crippen LogP contribution in [0.3, 0.4) is 0 Å². The average molecular weight is 415 g/mol. The van der Waals surface area contributed by atoms with Crippen molar-refractivity contribution in [1.29, 1.82) is 0 Å². The van der Waals surface area contributed by atoms with Gasteiger partial charge in [0.15, 0.2) is 6.10 Å². The summed E-state index contributed by atoms with van der Waals surface area (Å²) in [4.78, 5) is 11.1. The second kappa shape index (κ2) is 9.63. The number of aliphatic carboxylic acids is 1. The molecule has 0 heterocycles. The van der Waals surface area contributed by atoms with Gasteiger partial charge in [-0.1, -0.05) is 60.7 Å². The summed E-state index contributed by atoms with van der Waals surface area (Å²) in [6, 6.07) is 16.0. The number of fused-ring (bicyclic) bond motifs is 2. The third-order valence-electron chi connectivity index (χ3n) is 5.67. The second-order valence-electron chi connectivity index (χ2n) is 7.63.